The minimum atomic E-state index is -0.823. The molecule has 1 aliphatic heterocycles. The second-order valence-electron chi connectivity index (χ2n) is 7.92. The van der Waals surface area contributed by atoms with Gasteiger partial charge in [0, 0.05) is 25.7 Å². The minimum absolute atomic E-state index is 0.0151. The predicted molar refractivity (Wildman–Crippen MR) is 109 cm³/mol. The van der Waals surface area contributed by atoms with Gasteiger partial charge in [0.15, 0.2) is 5.60 Å². The number of nitrogens with two attached hydrogens (primary N) is 1. The van der Waals surface area contributed by atoms with Gasteiger partial charge < -0.3 is 20.7 Å². The molecule has 2 aliphatic rings. The van der Waals surface area contributed by atoms with E-state index in [0.717, 1.165) is 31.4 Å². The first-order valence-electron chi connectivity index (χ1n) is 10.1. The highest BCUT2D eigenvalue weighted by Gasteiger charge is 2.46. The number of nitrogens with one attached hydrogen (secondary N) is 1. The van der Waals surface area contributed by atoms with Crippen LogP contribution in [0.3, 0.4) is 0 Å². The van der Waals surface area contributed by atoms with Gasteiger partial charge in [-0.2, -0.15) is 0 Å². The summed E-state index contributed by atoms with van der Waals surface area (Å²) in [6.45, 7) is 1.99. The first-order chi connectivity index (χ1) is 13.5. The number of carbonyl (C=O) groups excluding carboxylic acids is 2. The second-order valence-corrected chi connectivity index (χ2v) is 8.19. The summed E-state index contributed by atoms with van der Waals surface area (Å²) in [5, 5.41) is 2.84. The van der Waals surface area contributed by atoms with Gasteiger partial charge in [0.05, 0.1) is 0 Å². The van der Waals surface area contributed by atoms with Crippen LogP contribution in [0, 0.1) is 5.92 Å². The highest BCUT2D eigenvalue weighted by Crippen LogP contribution is 2.35. The van der Waals surface area contributed by atoms with Crippen LogP contribution >= 0.6 is 11.6 Å². The second kappa shape index (κ2) is 9.61. The van der Waals surface area contributed by atoms with Crippen LogP contribution < -0.4 is 15.8 Å². The molecular formula is C21H30ClN3O3. The van der Waals surface area contributed by atoms with Gasteiger partial charge in [-0.3, -0.25) is 9.59 Å². The Kier molecular flexibility index (Phi) is 7.18. The summed E-state index contributed by atoms with van der Waals surface area (Å²) in [5.74, 6) is 1.02. The fourth-order valence-corrected chi connectivity index (χ4v) is 4.21. The lowest BCUT2D eigenvalue weighted by Crippen LogP contribution is -2.57. The number of hydrogen-bond acceptors (Lipinski definition) is 4. The first kappa shape index (κ1) is 20.9. The van der Waals surface area contributed by atoms with E-state index >= 15 is 0 Å². The van der Waals surface area contributed by atoms with Gasteiger partial charge in [-0.05, 0) is 56.6 Å². The molecule has 3 N–H and O–H groups in total. The van der Waals surface area contributed by atoms with Crippen molar-refractivity contribution in [1.29, 1.82) is 0 Å². The number of ether oxygens (including phenoxy) is 1. The van der Waals surface area contributed by atoms with E-state index in [4.69, 9.17) is 22.1 Å². The van der Waals surface area contributed by atoms with Gasteiger partial charge in [0.1, 0.15) is 11.6 Å². The molecule has 1 aliphatic carbocycles. The van der Waals surface area contributed by atoms with Crippen LogP contribution in [0.5, 0.6) is 5.75 Å². The van der Waals surface area contributed by atoms with Crippen LogP contribution in [-0.4, -0.2) is 53.9 Å². The van der Waals surface area contributed by atoms with Gasteiger partial charge in [-0.1, -0.05) is 18.2 Å². The molecular weight excluding hydrogens is 378 g/mol. The number of para-hydroxylation sites is 1. The van der Waals surface area contributed by atoms with Crippen LogP contribution in [-0.2, 0) is 9.59 Å². The number of nitrogens with zero attached hydrogens (tertiary/aromatic N) is 1. The minimum Gasteiger partial charge on any atom is -0.477 e. The summed E-state index contributed by atoms with van der Waals surface area (Å²) < 4.78 is 6.31. The molecule has 1 aromatic rings. The van der Waals surface area contributed by atoms with Crippen molar-refractivity contribution in [1.82, 2.24) is 10.2 Å². The maximum atomic E-state index is 13.5. The standard InChI is InChI=1S/C21H30ClN3O3/c22-14-19(26)24-15-16-8-12-25(13-9-16)20(27)21(10-6-17(23)7-11-21)28-18-4-2-1-3-5-18/h1-5,16-17H,6-15,23H2,(H,24,26). The quantitative estimate of drug-likeness (QED) is 0.708. The number of likely N-dealkylation sites (tertiary alicyclic amines) is 1. The highest BCUT2D eigenvalue weighted by atomic mass is 35.5. The number of halogens is 1. The van der Waals surface area contributed by atoms with Crippen molar-refractivity contribution in [3.05, 3.63) is 30.3 Å². The molecule has 2 amide bonds. The Balaban J connectivity index is 1.63. The summed E-state index contributed by atoms with van der Waals surface area (Å²) in [4.78, 5) is 26.7. The van der Waals surface area contributed by atoms with Crippen molar-refractivity contribution in [2.24, 2.45) is 11.7 Å². The Hall–Kier alpha value is -1.79. The van der Waals surface area contributed by atoms with Crippen LogP contribution in [0.25, 0.3) is 0 Å². The normalized spacial score (nSPS) is 25.9. The van der Waals surface area contributed by atoms with E-state index in [0.29, 0.717) is 38.4 Å². The Morgan fingerprint density at radius 1 is 1.14 bits per heavy atom. The summed E-state index contributed by atoms with van der Waals surface area (Å²) in [6.07, 6.45) is 4.62. The molecule has 0 atom stereocenters. The van der Waals surface area contributed by atoms with Gasteiger partial charge in [0.25, 0.3) is 5.91 Å². The van der Waals surface area contributed by atoms with Crippen molar-refractivity contribution in [2.45, 2.75) is 50.2 Å². The van der Waals surface area contributed by atoms with Crippen molar-refractivity contribution in [3.8, 4) is 5.75 Å². The Labute approximate surface area is 171 Å². The van der Waals surface area contributed by atoms with Crippen LogP contribution in [0.4, 0.5) is 0 Å². The van der Waals surface area contributed by atoms with E-state index in [1.807, 2.05) is 35.2 Å². The molecule has 6 nitrogen and oxygen atoms in total. The first-order valence-corrected chi connectivity index (χ1v) is 10.7. The fourth-order valence-electron chi connectivity index (χ4n) is 4.11. The van der Waals surface area contributed by atoms with E-state index in [-0.39, 0.29) is 23.7 Å². The van der Waals surface area contributed by atoms with Gasteiger partial charge in [0.2, 0.25) is 5.91 Å². The zero-order valence-corrected chi connectivity index (χ0v) is 17.0. The molecule has 0 spiro atoms. The molecule has 0 unspecified atom stereocenters. The molecule has 0 bridgehead atoms. The van der Waals surface area contributed by atoms with E-state index in [2.05, 4.69) is 5.32 Å². The van der Waals surface area contributed by atoms with E-state index in [1.165, 1.54) is 0 Å². The zero-order valence-electron chi connectivity index (χ0n) is 16.2. The SMILES string of the molecule is NC1CCC(Oc2ccccc2)(C(=O)N2CCC(CNC(=O)CCl)CC2)CC1. The average molecular weight is 408 g/mol. The number of piperidine rings is 1. The highest BCUT2D eigenvalue weighted by molar-refractivity contribution is 6.27. The molecule has 7 heteroatoms. The smallest absolute Gasteiger partial charge is 0.266 e. The maximum Gasteiger partial charge on any atom is 0.266 e. The third-order valence-corrected chi connectivity index (χ3v) is 6.14. The van der Waals surface area contributed by atoms with Gasteiger partial charge >= 0.3 is 0 Å². The summed E-state index contributed by atoms with van der Waals surface area (Å²) in [7, 11) is 0. The molecule has 1 saturated carbocycles. The maximum absolute atomic E-state index is 13.5. The Morgan fingerprint density at radius 2 is 1.79 bits per heavy atom. The van der Waals surface area contributed by atoms with Crippen molar-refractivity contribution in [3.63, 3.8) is 0 Å². The van der Waals surface area contributed by atoms with E-state index in [1.54, 1.807) is 0 Å². The molecule has 1 heterocycles. The van der Waals surface area contributed by atoms with Gasteiger partial charge in [-0.25, -0.2) is 0 Å². The predicted octanol–water partition coefficient (Wildman–Crippen LogP) is 2.30. The molecule has 1 aromatic carbocycles. The summed E-state index contributed by atoms with van der Waals surface area (Å²) in [6, 6.07) is 9.71. The van der Waals surface area contributed by atoms with Gasteiger partial charge in [-0.15, -0.1) is 11.6 Å². The van der Waals surface area contributed by atoms with Crippen molar-refractivity contribution >= 4 is 23.4 Å². The fraction of sp³-hybridized carbons (Fsp3) is 0.619. The summed E-state index contributed by atoms with van der Waals surface area (Å²) >= 11 is 5.52. The monoisotopic (exact) mass is 407 g/mol. The number of amides is 2. The topological polar surface area (TPSA) is 84.7 Å². The largest absolute Gasteiger partial charge is 0.477 e. The molecule has 0 radical (unpaired) electrons. The molecule has 1 saturated heterocycles. The number of rotatable bonds is 6. The number of alkyl halides is 1. The molecule has 0 aromatic heterocycles. The Bertz CT molecular complexity index is 654. The lowest BCUT2D eigenvalue weighted by molar-refractivity contribution is -0.153. The summed E-state index contributed by atoms with van der Waals surface area (Å²) in [5.41, 5.74) is 5.27. The number of benzene rings is 1. The Morgan fingerprint density at radius 3 is 2.39 bits per heavy atom. The third kappa shape index (κ3) is 5.17. The van der Waals surface area contributed by atoms with Crippen molar-refractivity contribution in [2.75, 3.05) is 25.5 Å². The lowest BCUT2D eigenvalue weighted by Gasteiger charge is -2.43. The lowest BCUT2D eigenvalue weighted by atomic mass is 9.80. The van der Waals surface area contributed by atoms with E-state index in [9.17, 15) is 9.59 Å². The number of hydrogen-bond donors (Lipinski definition) is 2. The van der Waals surface area contributed by atoms with Crippen LogP contribution in [0.1, 0.15) is 38.5 Å². The molecule has 28 heavy (non-hydrogen) atoms. The molecule has 154 valence electrons. The molecule has 2 fully saturated rings. The van der Waals surface area contributed by atoms with E-state index < -0.39 is 5.60 Å². The van der Waals surface area contributed by atoms with Crippen LogP contribution in [0.15, 0.2) is 30.3 Å². The molecule has 3 rings (SSSR count). The third-order valence-electron chi connectivity index (χ3n) is 5.90. The average Bonchev–Trinajstić information content (AvgIpc) is 2.74. The van der Waals surface area contributed by atoms with Crippen molar-refractivity contribution < 1.29 is 14.3 Å². The number of carbonyl (C=O) groups is 2. The zero-order chi connectivity index (χ0) is 20.0. The van der Waals surface area contributed by atoms with Crippen LogP contribution in [0.2, 0.25) is 0 Å².